The van der Waals surface area contributed by atoms with Crippen LogP contribution in [0.25, 0.3) is 0 Å². The average molecular weight is 325 g/mol. The fourth-order valence-corrected chi connectivity index (χ4v) is 1.33. The molecule has 0 saturated heterocycles. The third-order valence-corrected chi connectivity index (χ3v) is 2.85. The predicted molar refractivity (Wildman–Crippen MR) is 63.6 cm³/mol. The number of nitrogens with one attached hydrogen (secondary N) is 1. The number of hydrogen-bond acceptors (Lipinski definition) is 1. The van der Waals surface area contributed by atoms with Crippen LogP contribution in [0.2, 0.25) is 0 Å². The van der Waals surface area contributed by atoms with Crippen molar-refractivity contribution >= 4 is 34.2 Å². The Hall–Kier alpha value is -0.720. The van der Waals surface area contributed by atoms with Crippen molar-refractivity contribution in [2.24, 2.45) is 0 Å². The highest BCUT2D eigenvalue weighted by atomic mass is 127. The fraction of sp³-hybridized carbons (Fsp3) is 0.300. The van der Waals surface area contributed by atoms with Gasteiger partial charge < -0.3 is 5.32 Å². The number of rotatable bonds is 3. The minimum absolute atomic E-state index is 0.423. The van der Waals surface area contributed by atoms with E-state index in [0.717, 1.165) is 5.56 Å². The molecule has 1 rings (SSSR count). The van der Waals surface area contributed by atoms with Crippen LogP contribution in [0.15, 0.2) is 24.3 Å². The normalized spacial score (nSPS) is 11.2. The van der Waals surface area contributed by atoms with E-state index in [1.165, 1.54) is 22.6 Å². The summed E-state index contributed by atoms with van der Waals surface area (Å²) in [5, 5.41) is 2.21. The monoisotopic (exact) mass is 325 g/mol. The maximum absolute atomic E-state index is 12.9. The zero-order chi connectivity index (χ0) is 11.5. The van der Waals surface area contributed by atoms with Crippen molar-refractivity contribution in [3.05, 3.63) is 29.8 Å². The second kappa shape index (κ2) is 4.87. The first-order valence-electron chi connectivity index (χ1n) is 4.28. The van der Waals surface area contributed by atoms with Crippen molar-refractivity contribution in [3.8, 4) is 0 Å². The summed E-state index contributed by atoms with van der Waals surface area (Å²) >= 11 is 1.49. The molecule has 1 amide bonds. The number of alkyl halides is 3. The summed E-state index contributed by atoms with van der Waals surface area (Å²) in [5.41, 5.74) is 1.18. The molecule has 0 fully saturated rings. The van der Waals surface area contributed by atoms with E-state index in [0.29, 0.717) is 5.69 Å². The Morgan fingerprint density at radius 3 is 2.60 bits per heavy atom. The van der Waals surface area contributed by atoms with E-state index in [1.54, 1.807) is 31.2 Å². The van der Waals surface area contributed by atoms with E-state index in [2.05, 4.69) is 5.32 Å². The summed E-state index contributed by atoms with van der Waals surface area (Å²) < 4.78 is 25.4. The highest BCUT2D eigenvalue weighted by molar-refractivity contribution is 14.1. The molecule has 0 heterocycles. The topological polar surface area (TPSA) is 29.1 Å². The predicted octanol–water partition coefficient (Wildman–Crippen LogP) is 3.00. The molecule has 0 aliphatic carbocycles. The summed E-state index contributed by atoms with van der Waals surface area (Å²) in [6.07, 6.45) is 0. The van der Waals surface area contributed by atoms with Crippen molar-refractivity contribution in [1.29, 1.82) is 0 Å². The minimum Gasteiger partial charge on any atom is -0.321 e. The molecule has 0 saturated carbocycles. The van der Waals surface area contributed by atoms with Gasteiger partial charge in [-0.1, -0.05) is 40.8 Å². The molecule has 1 aromatic carbocycles. The lowest BCUT2D eigenvalue weighted by Gasteiger charge is -2.14. The Bertz CT molecular complexity index is 368. The Morgan fingerprint density at radius 1 is 1.47 bits per heavy atom. The number of aryl methyl sites for hydroxylation is 1. The summed E-state index contributed by atoms with van der Waals surface area (Å²) in [6, 6.07) is 6.81. The third-order valence-electron chi connectivity index (χ3n) is 1.89. The minimum atomic E-state index is -3.32. The van der Waals surface area contributed by atoms with Crippen LogP contribution in [0.5, 0.6) is 0 Å². The van der Waals surface area contributed by atoms with Crippen LogP contribution in [0.4, 0.5) is 14.5 Å². The van der Waals surface area contributed by atoms with E-state index in [9.17, 15) is 13.6 Å². The molecule has 1 N–H and O–H groups in total. The van der Waals surface area contributed by atoms with Crippen molar-refractivity contribution < 1.29 is 13.6 Å². The Balaban J connectivity index is 2.80. The van der Waals surface area contributed by atoms with Gasteiger partial charge >= 0.3 is 5.92 Å². The molecule has 0 bridgehead atoms. The van der Waals surface area contributed by atoms with Gasteiger partial charge in [-0.15, -0.1) is 0 Å². The van der Waals surface area contributed by atoms with E-state index < -0.39 is 16.3 Å². The largest absolute Gasteiger partial charge is 0.333 e. The van der Waals surface area contributed by atoms with Gasteiger partial charge in [0, 0.05) is 5.69 Å². The first-order valence-corrected chi connectivity index (χ1v) is 5.81. The summed E-state index contributed by atoms with van der Waals surface area (Å²) in [7, 11) is 0. The summed E-state index contributed by atoms with van der Waals surface area (Å²) in [6.45, 7) is 1.75. The van der Waals surface area contributed by atoms with Gasteiger partial charge in [0.2, 0.25) is 0 Å². The molecule has 0 atom stereocenters. The molecular formula is C10H10F2INO. The van der Waals surface area contributed by atoms with Crippen LogP contribution >= 0.6 is 22.6 Å². The van der Waals surface area contributed by atoms with Gasteiger partial charge in [0.1, 0.15) is 0 Å². The maximum atomic E-state index is 12.9. The lowest BCUT2D eigenvalue weighted by atomic mass is 10.2. The van der Waals surface area contributed by atoms with Gasteiger partial charge in [0.25, 0.3) is 5.91 Å². The highest BCUT2D eigenvalue weighted by Crippen LogP contribution is 2.21. The number of hydrogen-bond donors (Lipinski definition) is 1. The first kappa shape index (κ1) is 12.4. The smallest absolute Gasteiger partial charge is 0.321 e. The number of para-hydroxylation sites is 1. The van der Waals surface area contributed by atoms with Crippen LogP contribution in [-0.2, 0) is 4.79 Å². The van der Waals surface area contributed by atoms with E-state index in [1.807, 2.05) is 0 Å². The van der Waals surface area contributed by atoms with Crippen LogP contribution in [0.3, 0.4) is 0 Å². The number of carbonyl (C=O) groups is 1. The lowest BCUT2D eigenvalue weighted by Crippen LogP contribution is -2.36. The quantitative estimate of drug-likeness (QED) is 0.672. The van der Waals surface area contributed by atoms with Gasteiger partial charge in [0.05, 0.1) is 4.43 Å². The molecule has 0 aliphatic heterocycles. The summed E-state index contributed by atoms with van der Waals surface area (Å²) in [4.78, 5) is 11.2. The van der Waals surface area contributed by atoms with Gasteiger partial charge in [-0.25, -0.2) is 0 Å². The second-order valence-electron chi connectivity index (χ2n) is 3.11. The van der Waals surface area contributed by atoms with Gasteiger partial charge in [-0.3, -0.25) is 4.79 Å². The highest BCUT2D eigenvalue weighted by Gasteiger charge is 2.37. The average Bonchev–Trinajstić information content (AvgIpc) is 2.21. The van der Waals surface area contributed by atoms with E-state index >= 15 is 0 Å². The first-order chi connectivity index (χ1) is 6.97. The number of halogens is 3. The molecule has 0 unspecified atom stereocenters. The van der Waals surface area contributed by atoms with Crippen LogP contribution in [0, 0.1) is 6.92 Å². The molecule has 0 aliphatic rings. The van der Waals surface area contributed by atoms with Gasteiger partial charge in [-0.05, 0) is 18.6 Å². The molecule has 15 heavy (non-hydrogen) atoms. The third kappa shape index (κ3) is 3.12. The SMILES string of the molecule is Cc1ccccc1NC(=O)C(F)(F)CI. The molecule has 0 radical (unpaired) electrons. The van der Waals surface area contributed by atoms with Crippen molar-refractivity contribution in [2.45, 2.75) is 12.8 Å². The fourth-order valence-electron chi connectivity index (χ4n) is 0.988. The van der Waals surface area contributed by atoms with Crippen molar-refractivity contribution in [2.75, 3.05) is 9.74 Å². The Morgan fingerprint density at radius 2 is 2.07 bits per heavy atom. The number of amides is 1. The zero-order valence-electron chi connectivity index (χ0n) is 8.06. The number of benzene rings is 1. The van der Waals surface area contributed by atoms with Gasteiger partial charge in [-0.2, -0.15) is 8.78 Å². The Kier molecular flexibility index (Phi) is 4.01. The summed E-state index contributed by atoms with van der Waals surface area (Å²) in [5.74, 6) is -4.57. The van der Waals surface area contributed by atoms with Crippen LogP contribution in [-0.4, -0.2) is 16.3 Å². The van der Waals surface area contributed by atoms with Crippen molar-refractivity contribution in [3.63, 3.8) is 0 Å². The number of anilines is 1. The standard InChI is InChI=1S/C10H10F2INO/c1-7-4-2-3-5-8(7)14-9(15)10(11,12)6-13/h2-5H,6H2,1H3,(H,14,15). The Labute approximate surface area is 100 Å². The second-order valence-corrected chi connectivity index (χ2v) is 3.87. The van der Waals surface area contributed by atoms with Crippen LogP contribution in [0.1, 0.15) is 5.56 Å². The molecule has 0 aromatic heterocycles. The lowest BCUT2D eigenvalue weighted by molar-refractivity contribution is -0.136. The molecule has 1 aromatic rings. The van der Waals surface area contributed by atoms with E-state index in [-0.39, 0.29) is 0 Å². The van der Waals surface area contributed by atoms with Crippen molar-refractivity contribution in [1.82, 2.24) is 0 Å². The molecular weight excluding hydrogens is 315 g/mol. The van der Waals surface area contributed by atoms with Gasteiger partial charge in [0.15, 0.2) is 0 Å². The number of carbonyl (C=O) groups excluding carboxylic acids is 1. The van der Waals surface area contributed by atoms with E-state index in [4.69, 9.17) is 0 Å². The van der Waals surface area contributed by atoms with Crippen LogP contribution < -0.4 is 5.32 Å². The molecule has 82 valence electrons. The maximum Gasteiger partial charge on any atom is 0.333 e. The molecule has 5 heteroatoms. The molecule has 2 nitrogen and oxygen atoms in total. The molecule has 0 spiro atoms. The zero-order valence-corrected chi connectivity index (χ0v) is 10.2.